The molecule has 5 unspecified atom stereocenters. The molecule has 2 aliphatic carbocycles. The predicted molar refractivity (Wildman–Crippen MR) is 95.8 cm³/mol. The van der Waals surface area contributed by atoms with Gasteiger partial charge in [0.25, 0.3) is 0 Å². The quantitative estimate of drug-likeness (QED) is 0.351. The largest absolute Gasteiger partial charge is 0.465 e. The summed E-state index contributed by atoms with van der Waals surface area (Å²) in [4.78, 5) is 23.2. The first-order valence-corrected chi connectivity index (χ1v) is 10.1. The first kappa shape index (κ1) is 18.5. The van der Waals surface area contributed by atoms with Gasteiger partial charge in [-0.05, 0) is 56.8 Å². The molecule has 1 aliphatic heterocycles. The fraction of sp³-hybridized carbons (Fsp3) is 0.810. The summed E-state index contributed by atoms with van der Waals surface area (Å²) >= 11 is 0. The third kappa shape index (κ3) is 4.65. The van der Waals surface area contributed by atoms with E-state index in [1.165, 1.54) is 38.5 Å². The zero-order chi connectivity index (χ0) is 17.8. The number of hydrogen-bond donors (Lipinski definition) is 0. The maximum absolute atomic E-state index is 11.8. The van der Waals surface area contributed by atoms with Crippen LogP contribution >= 0.6 is 0 Å². The third-order valence-corrected chi connectivity index (χ3v) is 6.42. The van der Waals surface area contributed by atoms with E-state index in [0.29, 0.717) is 18.1 Å². The molecule has 2 bridgehead atoms. The highest BCUT2D eigenvalue weighted by atomic mass is 16.5. The predicted octanol–water partition coefficient (Wildman–Crippen LogP) is 4.42. The Kier molecular flexibility index (Phi) is 6.19. The number of carbonyl (C=O) groups excluding carboxylic acids is 2. The smallest absolute Gasteiger partial charge is 0.333 e. The number of esters is 2. The van der Waals surface area contributed by atoms with Gasteiger partial charge in [0.05, 0.1) is 12.5 Å². The lowest BCUT2D eigenvalue weighted by atomic mass is 9.83. The molecule has 0 aromatic heterocycles. The second kappa shape index (κ2) is 8.37. The Morgan fingerprint density at radius 3 is 2.56 bits per heavy atom. The van der Waals surface area contributed by atoms with Gasteiger partial charge in [-0.2, -0.15) is 0 Å². The lowest BCUT2D eigenvalue weighted by Crippen LogP contribution is -2.29. The maximum atomic E-state index is 11.8. The third-order valence-electron chi connectivity index (χ3n) is 6.42. The van der Waals surface area contributed by atoms with Crippen LogP contribution in [0, 0.1) is 23.7 Å². The average molecular weight is 348 g/mol. The van der Waals surface area contributed by atoms with Gasteiger partial charge in [0.2, 0.25) is 0 Å². The minimum absolute atomic E-state index is 0.0114. The van der Waals surface area contributed by atoms with Crippen LogP contribution in [0.1, 0.15) is 71.1 Å². The van der Waals surface area contributed by atoms with Crippen molar-refractivity contribution in [2.45, 2.75) is 77.2 Å². The van der Waals surface area contributed by atoms with Crippen LogP contribution in [0.25, 0.3) is 0 Å². The highest BCUT2D eigenvalue weighted by Gasteiger charge is 2.47. The van der Waals surface area contributed by atoms with Crippen molar-refractivity contribution in [3.8, 4) is 0 Å². The molecule has 0 aromatic carbocycles. The van der Waals surface area contributed by atoms with Gasteiger partial charge in [0.15, 0.2) is 0 Å². The number of cyclic esters (lactones) is 1. The monoisotopic (exact) mass is 348 g/mol. The summed E-state index contributed by atoms with van der Waals surface area (Å²) < 4.78 is 10.7. The Morgan fingerprint density at radius 1 is 1.16 bits per heavy atom. The Balaban J connectivity index is 1.30. The van der Waals surface area contributed by atoms with Crippen molar-refractivity contribution in [3.05, 3.63) is 12.2 Å². The number of rotatable bonds is 9. The zero-order valence-corrected chi connectivity index (χ0v) is 15.5. The van der Waals surface area contributed by atoms with E-state index >= 15 is 0 Å². The van der Waals surface area contributed by atoms with Crippen LogP contribution in [0.4, 0.5) is 0 Å². The van der Waals surface area contributed by atoms with E-state index in [1.807, 2.05) is 0 Å². The molecule has 0 N–H and O–H groups in total. The molecule has 3 aliphatic rings. The van der Waals surface area contributed by atoms with Crippen molar-refractivity contribution in [1.29, 1.82) is 0 Å². The van der Waals surface area contributed by atoms with Crippen LogP contribution in [0.2, 0.25) is 0 Å². The lowest BCUT2D eigenvalue weighted by molar-refractivity contribution is -0.147. The Labute approximate surface area is 151 Å². The maximum Gasteiger partial charge on any atom is 0.333 e. The van der Waals surface area contributed by atoms with Gasteiger partial charge in [-0.15, -0.1) is 0 Å². The summed E-state index contributed by atoms with van der Waals surface area (Å²) in [5.41, 5.74) is 0.505. The lowest BCUT2D eigenvalue weighted by Gasteiger charge is -2.29. The van der Waals surface area contributed by atoms with E-state index in [1.54, 1.807) is 6.92 Å². The topological polar surface area (TPSA) is 52.6 Å². The van der Waals surface area contributed by atoms with Gasteiger partial charge < -0.3 is 9.47 Å². The first-order chi connectivity index (χ1) is 12.0. The SMILES string of the molecule is C=C(C)C(=O)OC1CC2CC(CCCCCCC3CCOC3=O)C1C2. The van der Waals surface area contributed by atoms with Crippen LogP contribution < -0.4 is 0 Å². The summed E-state index contributed by atoms with van der Waals surface area (Å²) in [5, 5.41) is 0. The van der Waals surface area contributed by atoms with E-state index in [0.717, 1.165) is 37.5 Å². The van der Waals surface area contributed by atoms with Gasteiger partial charge in [-0.1, -0.05) is 38.7 Å². The molecular weight excluding hydrogens is 316 g/mol. The normalized spacial score (nSPS) is 33.5. The molecule has 3 fully saturated rings. The second-order valence-electron chi connectivity index (χ2n) is 8.37. The molecule has 0 spiro atoms. The molecule has 4 nitrogen and oxygen atoms in total. The molecule has 4 heteroatoms. The van der Waals surface area contributed by atoms with Crippen molar-refractivity contribution in [2.24, 2.45) is 23.7 Å². The minimum Gasteiger partial charge on any atom is -0.465 e. The summed E-state index contributed by atoms with van der Waals surface area (Å²) in [5.74, 6) is 2.01. The van der Waals surface area contributed by atoms with Crippen molar-refractivity contribution >= 4 is 11.9 Å². The van der Waals surface area contributed by atoms with Crippen molar-refractivity contribution in [2.75, 3.05) is 6.61 Å². The molecule has 3 rings (SSSR count). The van der Waals surface area contributed by atoms with Gasteiger partial charge in [-0.25, -0.2) is 4.79 Å². The molecule has 25 heavy (non-hydrogen) atoms. The number of unbranched alkanes of at least 4 members (excludes halogenated alkanes) is 3. The molecule has 5 atom stereocenters. The van der Waals surface area contributed by atoms with Gasteiger partial charge in [-0.3, -0.25) is 4.79 Å². The van der Waals surface area contributed by atoms with Gasteiger partial charge in [0, 0.05) is 5.57 Å². The summed E-state index contributed by atoms with van der Waals surface area (Å²) in [6, 6.07) is 0. The average Bonchev–Trinajstić information content (AvgIpc) is 3.26. The van der Waals surface area contributed by atoms with E-state index in [2.05, 4.69) is 6.58 Å². The van der Waals surface area contributed by atoms with E-state index in [-0.39, 0.29) is 24.0 Å². The standard InChI is InChI=1S/C21H32O4/c1-14(2)20(22)25-19-13-15-11-17(18(19)12-15)8-6-4-3-5-7-16-9-10-24-21(16)23/h15-19H,1,3-13H2,2H3. The fourth-order valence-corrected chi connectivity index (χ4v) is 5.08. The number of fused-ring (bicyclic) bond motifs is 2. The van der Waals surface area contributed by atoms with Crippen molar-refractivity contribution in [3.63, 3.8) is 0 Å². The molecule has 2 saturated carbocycles. The Morgan fingerprint density at radius 2 is 1.92 bits per heavy atom. The minimum atomic E-state index is -0.221. The molecule has 140 valence electrons. The summed E-state index contributed by atoms with van der Waals surface area (Å²) in [6.07, 6.45) is 11.7. The summed E-state index contributed by atoms with van der Waals surface area (Å²) in [7, 11) is 0. The Hall–Kier alpha value is -1.32. The van der Waals surface area contributed by atoms with Crippen LogP contribution in [0.15, 0.2) is 12.2 Å². The Bertz CT molecular complexity index is 512. The summed E-state index contributed by atoms with van der Waals surface area (Å²) in [6.45, 7) is 6.02. The number of ether oxygens (including phenoxy) is 2. The molecule has 0 amide bonds. The number of hydrogen-bond acceptors (Lipinski definition) is 4. The fourth-order valence-electron chi connectivity index (χ4n) is 5.08. The van der Waals surface area contributed by atoms with Gasteiger partial charge in [0.1, 0.15) is 6.10 Å². The molecule has 0 aromatic rings. The van der Waals surface area contributed by atoms with Crippen molar-refractivity contribution < 1.29 is 19.1 Å². The van der Waals surface area contributed by atoms with Gasteiger partial charge >= 0.3 is 11.9 Å². The van der Waals surface area contributed by atoms with Crippen molar-refractivity contribution in [1.82, 2.24) is 0 Å². The van der Waals surface area contributed by atoms with Crippen LogP contribution in [-0.2, 0) is 19.1 Å². The molecular formula is C21H32O4. The number of carbonyl (C=O) groups is 2. The van der Waals surface area contributed by atoms with E-state index in [9.17, 15) is 9.59 Å². The highest BCUT2D eigenvalue weighted by Crippen LogP contribution is 2.51. The first-order valence-electron chi connectivity index (χ1n) is 10.1. The van der Waals surface area contributed by atoms with Crippen LogP contribution in [0.5, 0.6) is 0 Å². The zero-order valence-electron chi connectivity index (χ0n) is 15.5. The van der Waals surface area contributed by atoms with Crippen LogP contribution in [0.3, 0.4) is 0 Å². The van der Waals surface area contributed by atoms with Crippen LogP contribution in [-0.4, -0.2) is 24.6 Å². The second-order valence-corrected chi connectivity index (χ2v) is 8.37. The van der Waals surface area contributed by atoms with E-state index in [4.69, 9.17) is 9.47 Å². The highest BCUT2D eigenvalue weighted by molar-refractivity contribution is 5.87. The molecule has 1 saturated heterocycles. The molecule has 1 heterocycles. The molecule has 0 radical (unpaired) electrons. The van der Waals surface area contributed by atoms with E-state index < -0.39 is 0 Å².